The Morgan fingerprint density at radius 2 is 2.00 bits per heavy atom. The summed E-state index contributed by atoms with van der Waals surface area (Å²) in [6.07, 6.45) is 9.38. The zero-order valence-corrected chi connectivity index (χ0v) is 21.1. The lowest BCUT2D eigenvalue weighted by molar-refractivity contribution is -0.134. The van der Waals surface area contributed by atoms with Crippen molar-refractivity contribution in [2.75, 3.05) is 27.7 Å². The van der Waals surface area contributed by atoms with Gasteiger partial charge < -0.3 is 24.5 Å². The van der Waals surface area contributed by atoms with Gasteiger partial charge in [-0.3, -0.25) is 14.5 Å². The first kappa shape index (κ1) is 26.3. The van der Waals surface area contributed by atoms with Crippen molar-refractivity contribution in [3.05, 3.63) is 53.6 Å². The van der Waals surface area contributed by atoms with E-state index in [1.54, 1.807) is 48.6 Å². The van der Waals surface area contributed by atoms with Crippen molar-refractivity contribution in [1.29, 1.82) is 0 Å². The largest absolute Gasteiger partial charge is 0.504 e. The van der Waals surface area contributed by atoms with E-state index in [0.29, 0.717) is 23.8 Å². The van der Waals surface area contributed by atoms with Crippen LogP contribution in [-0.2, 0) is 16.1 Å². The molecule has 1 aromatic heterocycles. The van der Waals surface area contributed by atoms with E-state index in [-0.39, 0.29) is 24.2 Å². The summed E-state index contributed by atoms with van der Waals surface area (Å²) < 4.78 is 10.6. The molecule has 190 valence electrons. The minimum absolute atomic E-state index is 0.0649. The summed E-state index contributed by atoms with van der Waals surface area (Å²) in [4.78, 5) is 29.4. The summed E-state index contributed by atoms with van der Waals surface area (Å²) in [7, 11) is 5.20. The van der Waals surface area contributed by atoms with Gasteiger partial charge in [0.1, 0.15) is 11.3 Å². The molecule has 1 aliphatic rings. The number of furan rings is 1. The zero-order valence-electron chi connectivity index (χ0n) is 21.1. The lowest BCUT2D eigenvalue weighted by atomic mass is 9.92. The number of aldehydes is 1. The third-order valence-corrected chi connectivity index (χ3v) is 6.88. The molecule has 1 saturated carbocycles. The Kier molecular flexibility index (Phi) is 8.98. The molecule has 0 spiro atoms. The monoisotopic (exact) mass is 483 g/mol. The van der Waals surface area contributed by atoms with Gasteiger partial charge in [-0.1, -0.05) is 25.3 Å². The number of phenols is 1. The van der Waals surface area contributed by atoms with Gasteiger partial charge in [0.15, 0.2) is 17.8 Å². The number of carbonyl (C=O) groups excluding carboxylic acids is 2. The second kappa shape index (κ2) is 11.9. The van der Waals surface area contributed by atoms with Gasteiger partial charge in [0.25, 0.3) is 0 Å². The second-order valence-electron chi connectivity index (χ2n) is 9.50. The number of ether oxygens (including phenoxy) is 1. The molecule has 1 heterocycles. The SMILES string of the molecule is COc1cc(CN(C)C(C)(CN(C)/C(C=O)=C\c2ccco2)C(=O)NC2CCCCC2)ccc1O. The molecule has 8 heteroatoms. The van der Waals surface area contributed by atoms with Crippen LogP contribution in [0.25, 0.3) is 6.08 Å². The fourth-order valence-corrected chi connectivity index (χ4v) is 4.53. The van der Waals surface area contributed by atoms with E-state index in [0.717, 1.165) is 37.5 Å². The third kappa shape index (κ3) is 6.66. The van der Waals surface area contributed by atoms with Crippen molar-refractivity contribution in [3.63, 3.8) is 0 Å². The Morgan fingerprint density at radius 1 is 1.26 bits per heavy atom. The molecular weight excluding hydrogens is 446 g/mol. The topological polar surface area (TPSA) is 95.2 Å². The van der Waals surface area contributed by atoms with Crippen LogP contribution in [0.15, 0.2) is 46.7 Å². The third-order valence-electron chi connectivity index (χ3n) is 6.88. The first-order valence-corrected chi connectivity index (χ1v) is 12.1. The maximum atomic E-state index is 13.7. The predicted octanol–water partition coefficient (Wildman–Crippen LogP) is 3.81. The molecule has 2 aromatic rings. The van der Waals surface area contributed by atoms with E-state index in [1.807, 2.05) is 24.9 Å². The smallest absolute Gasteiger partial charge is 0.242 e. The number of nitrogens with zero attached hydrogens (tertiary/aromatic N) is 2. The lowest BCUT2D eigenvalue weighted by Crippen LogP contribution is -2.61. The van der Waals surface area contributed by atoms with Crippen molar-refractivity contribution >= 4 is 18.3 Å². The van der Waals surface area contributed by atoms with E-state index in [9.17, 15) is 14.7 Å². The standard InChI is InChI=1S/C27H37N3O5/c1-27(26(33)28-21-9-6-5-7-10-21,19-29(2)22(18-31)16-23-11-8-14-35-23)30(3)17-20-12-13-24(32)25(15-20)34-4/h8,11-16,18,21,32H,5-7,9-10,17,19H2,1-4H3,(H,28,33)/b22-16-. The fourth-order valence-electron chi connectivity index (χ4n) is 4.53. The molecular formula is C27H37N3O5. The first-order chi connectivity index (χ1) is 16.8. The number of phenolic OH excluding ortho intramolecular Hbond substituents is 1. The summed E-state index contributed by atoms with van der Waals surface area (Å²) in [5, 5.41) is 13.2. The van der Waals surface area contributed by atoms with Gasteiger partial charge in [0.2, 0.25) is 5.91 Å². The van der Waals surface area contributed by atoms with E-state index in [1.165, 1.54) is 13.5 Å². The zero-order chi connectivity index (χ0) is 25.4. The average Bonchev–Trinajstić information content (AvgIpc) is 3.37. The normalized spacial score (nSPS) is 16.5. The van der Waals surface area contributed by atoms with Gasteiger partial charge in [0, 0.05) is 32.3 Å². The molecule has 1 aromatic carbocycles. The lowest BCUT2D eigenvalue weighted by Gasteiger charge is -2.41. The maximum absolute atomic E-state index is 13.7. The molecule has 35 heavy (non-hydrogen) atoms. The summed E-state index contributed by atoms with van der Waals surface area (Å²) in [5.41, 5.74) is 0.349. The maximum Gasteiger partial charge on any atom is 0.242 e. The summed E-state index contributed by atoms with van der Waals surface area (Å²) in [5.74, 6) is 0.936. The molecule has 1 unspecified atom stereocenters. The highest BCUT2D eigenvalue weighted by atomic mass is 16.5. The Bertz CT molecular complexity index is 1010. The van der Waals surface area contributed by atoms with Gasteiger partial charge >= 0.3 is 0 Å². The number of methoxy groups -OCH3 is 1. The van der Waals surface area contributed by atoms with Crippen LogP contribution in [-0.4, -0.2) is 66.4 Å². The van der Waals surface area contributed by atoms with E-state index in [2.05, 4.69) is 5.32 Å². The number of benzene rings is 1. The molecule has 3 rings (SSSR count). The molecule has 0 bridgehead atoms. The number of hydrogen-bond donors (Lipinski definition) is 2. The van der Waals surface area contributed by atoms with Crippen molar-refractivity contribution in [2.24, 2.45) is 0 Å². The van der Waals surface area contributed by atoms with Crippen LogP contribution in [0.5, 0.6) is 11.5 Å². The summed E-state index contributed by atoms with van der Waals surface area (Å²) in [6.45, 7) is 2.62. The number of nitrogens with one attached hydrogen (secondary N) is 1. The second-order valence-corrected chi connectivity index (χ2v) is 9.50. The highest BCUT2D eigenvalue weighted by molar-refractivity contribution is 5.87. The highest BCUT2D eigenvalue weighted by Crippen LogP contribution is 2.29. The summed E-state index contributed by atoms with van der Waals surface area (Å²) >= 11 is 0. The molecule has 1 atom stereocenters. The first-order valence-electron chi connectivity index (χ1n) is 12.1. The van der Waals surface area contributed by atoms with Crippen molar-refractivity contribution < 1.29 is 23.8 Å². The number of rotatable bonds is 11. The van der Waals surface area contributed by atoms with Crippen LogP contribution < -0.4 is 10.1 Å². The highest BCUT2D eigenvalue weighted by Gasteiger charge is 2.40. The van der Waals surface area contributed by atoms with Crippen molar-refractivity contribution in [1.82, 2.24) is 15.1 Å². The van der Waals surface area contributed by atoms with Crippen LogP contribution in [0.4, 0.5) is 0 Å². The molecule has 2 N–H and O–H groups in total. The van der Waals surface area contributed by atoms with Crippen LogP contribution in [0.2, 0.25) is 0 Å². The number of amides is 1. The van der Waals surface area contributed by atoms with Crippen LogP contribution in [0, 0.1) is 0 Å². The van der Waals surface area contributed by atoms with Gasteiger partial charge in [-0.15, -0.1) is 0 Å². The summed E-state index contributed by atoms with van der Waals surface area (Å²) in [6, 6.07) is 8.86. The molecule has 0 saturated heterocycles. The van der Waals surface area contributed by atoms with Crippen LogP contribution >= 0.6 is 0 Å². The Labute approximate surface area is 207 Å². The minimum Gasteiger partial charge on any atom is -0.504 e. The number of allylic oxidation sites excluding steroid dienone is 1. The van der Waals surface area contributed by atoms with E-state index < -0.39 is 5.54 Å². The molecule has 8 nitrogen and oxygen atoms in total. The fraction of sp³-hybridized carbons (Fsp3) is 0.481. The van der Waals surface area contributed by atoms with Crippen LogP contribution in [0.3, 0.4) is 0 Å². The Hall–Kier alpha value is -3.26. The predicted molar refractivity (Wildman–Crippen MR) is 135 cm³/mol. The Balaban J connectivity index is 1.86. The van der Waals surface area contributed by atoms with Gasteiger partial charge in [0.05, 0.1) is 19.1 Å². The molecule has 0 aliphatic heterocycles. The van der Waals surface area contributed by atoms with E-state index >= 15 is 0 Å². The number of aromatic hydroxyl groups is 1. The molecule has 1 amide bonds. The number of hydrogen-bond acceptors (Lipinski definition) is 7. The minimum atomic E-state index is -0.956. The number of carbonyl (C=O) groups is 2. The average molecular weight is 484 g/mol. The van der Waals surface area contributed by atoms with E-state index in [4.69, 9.17) is 9.15 Å². The van der Waals surface area contributed by atoms with Crippen molar-refractivity contribution in [2.45, 2.75) is 57.2 Å². The quantitative estimate of drug-likeness (QED) is 0.371. The van der Waals surface area contributed by atoms with Gasteiger partial charge in [-0.25, -0.2) is 0 Å². The molecule has 1 aliphatic carbocycles. The molecule has 0 radical (unpaired) electrons. The van der Waals surface area contributed by atoms with Gasteiger partial charge in [-0.05, 0) is 56.6 Å². The Morgan fingerprint density at radius 3 is 2.63 bits per heavy atom. The van der Waals surface area contributed by atoms with Crippen molar-refractivity contribution in [3.8, 4) is 11.5 Å². The number of likely N-dealkylation sites (N-methyl/N-ethyl adjacent to an activating group) is 2. The van der Waals surface area contributed by atoms with Crippen LogP contribution in [0.1, 0.15) is 50.4 Å². The molecule has 1 fully saturated rings. The van der Waals surface area contributed by atoms with Gasteiger partial charge in [-0.2, -0.15) is 0 Å².